The Hall–Kier alpha value is -0.990. The first kappa shape index (κ1) is 79.0. The van der Waals surface area contributed by atoms with Crippen LogP contribution < -0.4 is 5.73 Å². The molecule has 2 unspecified atom stereocenters. The average Bonchev–Trinajstić information content (AvgIpc) is 3.45. The fraction of sp³-hybridized carbons (Fsp3) is 0.971. The minimum Gasteiger partial charge on any atom is -0.462 e. The Kier molecular flexibility index (Phi) is 66.3. The molecule has 0 heterocycles. The minimum absolute atomic E-state index is 0.0588. The lowest BCUT2D eigenvalue weighted by Gasteiger charge is -2.19. The van der Waals surface area contributed by atoms with Crippen LogP contribution in [0.15, 0.2) is 0 Å². The number of carbonyl (C=O) groups is 2. The van der Waals surface area contributed by atoms with Crippen LogP contribution >= 0.6 is 7.82 Å². The molecule has 478 valence electrons. The molecule has 0 saturated carbocycles. The Balaban J connectivity index is 3.74. The quantitative estimate of drug-likeness (QED) is 0.0347. The summed E-state index contributed by atoms with van der Waals surface area (Å²) in [5.74, 6) is -0.797. The molecule has 0 aromatic rings. The number of nitrogens with two attached hydrogens (primary N) is 1. The lowest BCUT2D eigenvalue weighted by atomic mass is 10.0. The van der Waals surface area contributed by atoms with Crippen molar-refractivity contribution in [3.05, 3.63) is 0 Å². The van der Waals surface area contributed by atoms with Crippen molar-refractivity contribution < 1.29 is 37.6 Å². The second-order valence-corrected chi connectivity index (χ2v) is 26.3. The van der Waals surface area contributed by atoms with Crippen LogP contribution in [0.1, 0.15) is 406 Å². The predicted molar refractivity (Wildman–Crippen MR) is 345 cm³/mol. The Bertz CT molecular complexity index is 1270. The van der Waals surface area contributed by atoms with E-state index in [-0.39, 0.29) is 32.1 Å². The van der Waals surface area contributed by atoms with E-state index in [9.17, 15) is 19.0 Å². The molecule has 0 radical (unpaired) electrons. The molecule has 3 N–H and O–H groups in total. The summed E-state index contributed by atoms with van der Waals surface area (Å²) in [6.45, 7) is 3.85. The summed E-state index contributed by atoms with van der Waals surface area (Å²) in [6, 6.07) is 0. The third-order valence-electron chi connectivity index (χ3n) is 16.7. The summed E-state index contributed by atoms with van der Waals surface area (Å²) in [4.78, 5) is 35.3. The predicted octanol–water partition coefficient (Wildman–Crippen LogP) is 23.4. The smallest absolute Gasteiger partial charge is 0.462 e. The highest BCUT2D eigenvalue weighted by Crippen LogP contribution is 2.43. The number of phosphoric ester groups is 1. The van der Waals surface area contributed by atoms with Crippen LogP contribution in [0.2, 0.25) is 0 Å². The van der Waals surface area contributed by atoms with Crippen LogP contribution in [0.3, 0.4) is 0 Å². The SMILES string of the molecule is CCCCCCCCCCCCCCCCCCCCCCCCCCCCCCCCCCCCCCCC(=O)OC(COC(=O)CCCCCCCCCCCCCCCCCCCCCCCC)COP(=O)(O)OCCN. The number of hydrogen-bond donors (Lipinski definition) is 2. The number of rotatable bonds is 70. The highest BCUT2D eigenvalue weighted by molar-refractivity contribution is 7.47. The van der Waals surface area contributed by atoms with E-state index in [1.54, 1.807) is 0 Å². The van der Waals surface area contributed by atoms with Gasteiger partial charge in [-0.05, 0) is 12.8 Å². The van der Waals surface area contributed by atoms with Gasteiger partial charge in [0.05, 0.1) is 13.2 Å². The number of unbranched alkanes of at least 4 members (excludes halogenated alkanes) is 57. The summed E-state index contributed by atoms with van der Waals surface area (Å²) in [5, 5.41) is 0. The Morgan fingerprint density at radius 2 is 0.537 bits per heavy atom. The van der Waals surface area contributed by atoms with E-state index in [0.29, 0.717) is 12.8 Å². The topological polar surface area (TPSA) is 134 Å². The molecule has 0 aliphatic carbocycles. The van der Waals surface area contributed by atoms with Gasteiger partial charge in [-0.2, -0.15) is 0 Å². The molecule has 0 rings (SSSR count). The van der Waals surface area contributed by atoms with E-state index in [2.05, 4.69) is 13.8 Å². The Labute approximate surface area is 498 Å². The van der Waals surface area contributed by atoms with Crippen LogP contribution in [-0.2, 0) is 32.7 Å². The van der Waals surface area contributed by atoms with Gasteiger partial charge in [-0.25, -0.2) is 4.57 Å². The molecule has 10 heteroatoms. The number of carbonyl (C=O) groups excluding carboxylic acids is 2. The Morgan fingerprint density at radius 1 is 0.325 bits per heavy atom. The van der Waals surface area contributed by atoms with Crippen LogP contribution in [0.5, 0.6) is 0 Å². The van der Waals surface area contributed by atoms with Crippen molar-refractivity contribution in [2.45, 2.75) is 412 Å². The molecular formula is C70H140NO8P. The van der Waals surface area contributed by atoms with Gasteiger partial charge >= 0.3 is 19.8 Å². The third kappa shape index (κ3) is 66.2. The maximum absolute atomic E-state index is 12.8. The second kappa shape index (κ2) is 67.1. The van der Waals surface area contributed by atoms with Gasteiger partial charge in [0, 0.05) is 19.4 Å². The second-order valence-electron chi connectivity index (χ2n) is 24.8. The molecule has 0 aromatic heterocycles. The van der Waals surface area contributed by atoms with Gasteiger partial charge in [0.15, 0.2) is 6.10 Å². The molecule has 80 heavy (non-hydrogen) atoms. The normalized spacial score (nSPS) is 12.8. The number of phosphoric acid groups is 1. The van der Waals surface area contributed by atoms with Gasteiger partial charge in [-0.3, -0.25) is 18.6 Å². The van der Waals surface area contributed by atoms with E-state index in [1.165, 1.54) is 340 Å². The van der Waals surface area contributed by atoms with Crippen LogP contribution in [0.4, 0.5) is 0 Å². The lowest BCUT2D eigenvalue weighted by molar-refractivity contribution is -0.161. The van der Waals surface area contributed by atoms with Gasteiger partial charge in [0.25, 0.3) is 0 Å². The zero-order valence-corrected chi connectivity index (χ0v) is 54.8. The van der Waals surface area contributed by atoms with E-state index in [0.717, 1.165) is 32.1 Å². The van der Waals surface area contributed by atoms with E-state index >= 15 is 0 Å². The van der Waals surface area contributed by atoms with Gasteiger partial charge in [-0.15, -0.1) is 0 Å². The number of ether oxygens (including phenoxy) is 2. The van der Waals surface area contributed by atoms with Gasteiger partial charge < -0.3 is 20.1 Å². The third-order valence-corrected chi connectivity index (χ3v) is 17.7. The highest BCUT2D eigenvalue weighted by atomic mass is 31.2. The molecule has 0 spiro atoms. The minimum atomic E-state index is -4.39. The molecule has 0 amide bonds. The van der Waals surface area contributed by atoms with Crippen molar-refractivity contribution in [3.8, 4) is 0 Å². The highest BCUT2D eigenvalue weighted by Gasteiger charge is 2.26. The average molecular weight is 1150 g/mol. The van der Waals surface area contributed by atoms with E-state index in [4.69, 9.17) is 24.3 Å². The molecule has 0 bridgehead atoms. The first-order valence-electron chi connectivity index (χ1n) is 36.0. The van der Waals surface area contributed by atoms with Crippen molar-refractivity contribution in [2.24, 2.45) is 5.73 Å². The van der Waals surface area contributed by atoms with E-state index < -0.39 is 26.5 Å². The van der Waals surface area contributed by atoms with Crippen molar-refractivity contribution >= 4 is 19.8 Å². The first-order valence-corrected chi connectivity index (χ1v) is 37.5. The number of hydrogen-bond acceptors (Lipinski definition) is 8. The Morgan fingerprint density at radius 3 is 0.762 bits per heavy atom. The molecule has 0 aromatic carbocycles. The zero-order valence-electron chi connectivity index (χ0n) is 53.9. The molecule has 0 saturated heterocycles. The van der Waals surface area contributed by atoms with E-state index in [1.807, 2.05) is 0 Å². The largest absolute Gasteiger partial charge is 0.472 e. The number of esters is 2. The fourth-order valence-corrected chi connectivity index (χ4v) is 12.2. The van der Waals surface area contributed by atoms with Gasteiger partial charge in [0.1, 0.15) is 6.61 Å². The van der Waals surface area contributed by atoms with Crippen LogP contribution in [0.25, 0.3) is 0 Å². The summed E-state index contributed by atoms with van der Waals surface area (Å²) in [5.41, 5.74) is 5.40. The fourth-order valence-electron chi connectivity index (χ4n) is 11.4. The monoisotopic (exact) mass is 1150 g/mol. The molecule has 9 nitrogen and oxygen atoms in total. The molecular weight excluding hydrogens is 1010 g/mol. The summed E-state index contributed by atoms with van der Waals surface area (Å²) in [6.07, 6.45) is 79.4. The lowest BCUT2D eigenvalue weighted by Crippen LogP contribution is -2.29. The van der Waals surface area contributed by atoms with Crippen molar-refractivity contribution in [1.82, 2.24) is 0 Å². The van der Waals surface area contributed by atoms with Crippen LogP contribution in [-0.4, -0.2) is 49.3 Å². The maximum atomic E-state index is 12.8. The van der Waals surface area contributed by atoms with Crippen molar-refractivity contribution in [1.29, 1.82) is 0 Å². The van der Waals surface area contributed by atoms with Crippen molar-refractivity contribution in [2.75, 3.05) is 26.4 Å². The van der Waals surface area contributed by atoms with Crippen LogP contribution in [0, 0.1) is 0 Å². The summed E-state index contributed by atoms with van der Waals surface area (Å²) < 4.78 is 33.2. The molecule has 0 aliphatic heterocycles. The summed E-state index contributed by atoms with van der Waals surface area (Å²) >= 11 is 0. The maximum Gasteiger partial charge on any atom is 0.472 e. The zero-order chi connectivity index (χ0) is 58.0. The molecule has 0 aliphatic rings. The first-order chi connectivity index (χ1) is 39.3. The molecule has 0 fully saturated rings. The standard InChI is InChI=1S/C70H140NO8P/c1-3-5-7-9-11-13-15-17-19-21-23-25-27-28-29-30-31-32-33-34-35-36-37-38-39-40-41-43-45-47-49-51-53-55-57-59-61-63-70(73)79-68(67-78-80(74,75)77-65-64-71)66-76-69(72)62-60-58-56-54-52-50-48-46-44-42-26-24-22-20-18-16-14-12-10-8-6-4-2/h68H,3-67,71H2,1-2H3,(H,74,75). The van der Waals surface area contributed by atoms with Gasteiger partial charge in [-0.1, -0.05) is 380 Å². The van der Waals surface area contributed by atoms with Gasteiger partial charge in [0.2, 0.25) is 0 Å². The summed E-state index contributed by atoms with van der Waals surface area (Å²) in [7, 11) is -4.39. The van der Waals surface area contributed by atoms with Crippen molar-refractivity contribution in [3.63, 3.8) is 0 Å². The molecule has 2 atom stereocenters.